The molecule has 1 fully saturated rings. The quantitative estimate of drug-likeness (QED) is 0.650. The van der Waals surface area contributed by atoms with Crippen LogP contribution in [0.15, 0.2) is 30.6 Å². The fourth-order valence-electron chi connectivity index (χ4n) is 1.63. The normalized spacial score (nSPS) is 16.7. The van der Waals surface area contributed by atoms with Crippen LogP contribution in [0.3, 0.4) is 0 Å². The van der Waals surface area contributed by atoms with Crippen molar-refractivity contribution in [1.82, 2.24) is 4.98 Å². The van der Waals surface area contributed by atoms with Gasteiger partial charge in [-0.15, -0.1) is 0 Å². The Labute approximate surface area is 78.9 Å². The summed E-state index contributed by atoms with van der Waals surface area (Å²) < 4.78 is 0. The van der Waals surface area contributed by atoms with Gasteiger partial charge in [0.1, 0.15) is 5.82 Å². The van der Waals surface area contributed by atoms with Crippen LogP contribution in [0, 0.1) is 6.92 Å². The molecule has 2 nitrogen and oxygen atoms in total. The van der Waals surface area contributed by atoms with Gasteiger partial charge in [-0.25, -0.2) is 4.98 Å². The molecule has 0 radical (unpaired) electrons. The highest BCUT2D eigenvalue weighted by Gasteiger charge is 2.16. The van der Waals surface area contributed by atoms with E-state index in [1.165, 1.54) is 17.7 Å². The molecule has 2 heterocycles. The summed E-state index contributed by atoms with van der Waals surface area (Å²) in [5.74, 6) is 1.04. The second-order valence-corrected chi connectivity index (χ2v) is 3.52. The zero-order valence-corrected chi connectivity index (χ0v) is 7.95. The average molecular weight is 174 g/mol. The molecule has 0 atom stereocenters. The molecule has 0 unspecified atom stereocenters. The van der Waals surface area contributed by atoms with Gasteiger partial charge in [0, 0.05) is 18.4 Å². The molecule has 13 heavy (non-hydrogen) atoms. The molecule has 68 valence electrons. The van der Waals surface area contributed by atoms with Crippen molar-refractivity contribution in [2.75, 3.05) is 11.4 Å². The molecule has 0 spiro atoms. The molecule has 0 N–H and O–H groups in total. The van der Waals surface area contributed by atoms with E-state index in [0.29, 0.717) is 0 Å². The second-order valence-electron chi connectivity index (χ2n) is 3.52. The van der Waals surface area contributed by atoms with E-state index in [0.717, 1.165) is 18.8 Å². The number of rotatable bonds is 1. The minimum absolute atomic E-state index is 1.04. The molecular weight excluding hydrogens is 160 g/mol. The van der Waals surface area contributed by atoms with Crippen LogP contribution in [0.4, 0.5) is 5.82 Å². The molecule has 1 saturated heterocycles. The van der Waals surface area contributed by atoms with Crippen molar-refractivity contribution in [1.29, 1.82) is 0 Å². The lowest BCUT2D eigenvalue weighted by Crippen LogP contribution is -2.16. The third kappa shape index (κ3) is 1.57. The number of anilines is 1. The lowest BCUT2D eigenvalue weighted by Gasteiger charge is -2.17. The standard InChI is InChI=1S/C11H14N2/c1-9-5-6-11(12-8-9)13-7-3-4-10(13)2/h5-6,8H,2-4,7H2,1H3. The van der Waals surface area contributed by atoms with Gasteiger partial charge < -0.3 is 4.90 Å². The van der Waals surface area contributed by atoms with Gasteiger partial charge in [0.15, 0.2) is 0 Å². The van der Waals surface area contributed by atoms with Crippen molar-refractivity contribution < 1.29 is 0 Å². The fraction of sp³-hybridized carbons (Fsp3) is 0.364. The summed E-state index contributed by atoms with van der Waals surface area (Å²) in [6, 6.07) is 4.15. The Hall–Kier alpha value is -1.31. The molecule has 0 bridgehead atoms. The Bertz CT molecular complexity index is 313. The van der Waals surface area contributed by atoms with Crippen molar-refractivity contribution in [2.24, 2.45) is 0 Å². The maximum Gasteiger partial charge on any atom is 0.132 e. The first-order valence-electron chi connectivity index (χ1n) is 4.65. The number of aryl methyl sites for hydroxylation is 1. The average Bonchev–Trinajstić information content (AvgIpc) is 2.53. The molecule has 1 aliphatic heterocycles. The summed E-state index contributed by atoms with van der Waals surface area (Å²) in [6.07, 6.45) is 4.21. The van der Waals surface area contributed by atoms with Crippen LogP contribution in [0.2, 0.25) is 0 Å². The Morgan fingerprint density at radius 3 is 2.85 bits per heavy atom. The first-order chi connectivity index (χ1) is 6.27. The molecule has 1 aromatic heterocycles. The van der Waals surface area contributed by atoms with Crippen LogP contribution in [-0.2, 0) is 0 Å². The number of aromatic nitrogens is 1. The van der Waals surface area contributed by atoms with Gasteiger partial charge in [0.25, 0.3) is 0 Å². The highest BCUT2D eigenvalue weighted by molar-refractivity contribution is 5.47. The molecule has 0 aromatic carbocycles. The molecule has 0 saturated carbocycles. The SMILES string of the molecule is C=C1CCCN1c1ccc(C)cn1. The number of pyridine rings is 1. The Morgan fingerprint density at radius 2 is 2.31 bits per heavy atom. The lowest BCUT2D eigenvalue weighted by molar-refractivity contribution is 0.944. The molecule has 0 aliphatic carbocycles. The minimum Gasteiger partial charge on any atom is -0.331 e. The van der Waals surface area contributed by atoms with Crippen molar-refractivity contribution in [3.8, 4) is 0 Å². The molecule has 0 amide bonds. The van der Waals surface area contributed by atoms with Gasteiger partial charge in [-0.05, 0) is 31.4 Å². The predicted molar refractivity (Wildman–Crippen MR) is 54.7 cm³/mol. The van der Waals surface area contributed by atoms with E-state index in [4.69, 9.17) is 0 Å². The van der Waals surface area contributed by atoms with E-state index in [-0.39, 0.29) is 0 Å². The Balaban J connectivity index is 2.25. The zero-order valence-electron chi connectivity index (χ0n) is 7.95. The third-order valence-corrected chi connectivity index (χ3v) is 2.40. The van der Waals surface area contributed by atoms with E-state index in [2.05, 4.69) is 35.5 Å². The predicted octanol–water partition coefficient (Wildman–Crippen LogP) is 2.50. The fourth-order valence-corrected chi connectivity index (χ4v) is 1.63. The van der Waals surface area contributed by atoms with Crippen LogP contribution in [0.5, 0.6) is 0 Å². The first-order valence-corrected chi connectivity index (χ1v) is 4.65. The van der Waals surface area contributed by atoms with Crippen LogP contribution in [-0.4, -0.2) is 11.5 Å². The highest BCUT2D eigenvalue weighted by atomic mass is 15.2. The van der Waals surface area contributed by atoms with Crippen molar-refractivity contribution in [3.63, 3.8) is 0 Å². The van der Waals surface area contributed by atoms with E-state index < -0.39 is 0 Å². The Morgan fingerprint density at radius 1 is 1.46 bits per heavy atom. The van der Waals surface area contributed by atoms with E-state index in [9.17, 15) is 0 Å². The maximum absolute atomic E-state index is 4.38. The first kappa shape index (κ1) is 8.30. The van der Waals surface area contributed by atoms with E-state index in [1.807, 2.05) is 6.20 Å². The smallest absolute Gasteiger partial charge is 0.132 e. The summed E-state index contributed by atoms with van der Waals surface area (Å²) in [7, 11) is 0. The van der Waals surface area contributed by atoms with Crippen LogP contribution >= 0.6 is 0 Å². The van der Waals surface area contributed by atoms with Gasteiger partial charge in [-0.2, -0.15) is 0 Å². The molecule has 2 rings (SSSR count). The van der Waals surface area contributed by atoms with Gasteiger partial charge >= 0.3 is 0 Å². The number of hydrogen-bond donors (Lipinski definition) is 0. The maximum atomic E-state index is 4.38. The van der Waals surface area contributed by atoms with E-state index >= 15 is 0 Å². The third-order valence-electron chi connectivity index (χ3n) is 2.40. The van der Waals surface area contributed by atoms with Crippen molar-refractivity contribution in [2.45, 2.75) is 19.8 Å². The number of allylic oxidation sites excluding steroid dienone is 1. The molecule has 1 aromatic rings. The Kier molecular flexibility index (Phi) is 2.05. The molecule has 1 aliphatic rings. The summed E-state index contributed by atoms with van der Waals surface area (Å²) in [4.78, 5) is 6.57. The lowest BCUT2D eigenvalue weighted by atomic mass is 10.3. The summed E-state index contributed by atoms with van der Waals surface area (Å²) in [5.41, 5.74) is 2.39. The van der Waals surface area contributed by atoms with Crippen molar-refractivity contribution in [3.05, 3.63) is 36.2 Å². The van der Waals surface area contributed by atoms with Crippen LogP contribution < -0.4 is 4.90 Å². The van der Waals surface area contributed by atoms with Crippen LogP contribution in [0.25, 0.3) is 0 Å². The number of hydrogen-bond acceptors (Lipinski definition) is 2. The second kappa shape index (κ2) is 3.21. The summed E-state index contributed by atoms with van der Waals surface area (Å²) in [5, 5.41) is 0. The summed E-state index contributed by atoms with van der Waals surface area (Å²) >= 11 is 0. The monoisotopic (exact) mass is 174 g/mol. The highest BCUT2D eigenvalue weighted by Crippen LogP contribution is 2.24. The number of nitrogens with zero attached hydrogens (tertiary/aromatic N) is 2. The topological polar surface area (TPSA) is 16.1 Å². The van der Waals surface area contributed by atoms with Crippen LogP contribution in [0.1, 0.15) is 18.4 Å². The van der Waals surface area contributed by atoms with Gasteiger partial charge in [0.2, 0.25) is 0 Å². The van der Waals surface area contributed by atoms with Crippen molar-refractivity contribution >= 4 is 5.82 Å². The van der Waals surface area contributed by atoms with Gasteiger partial charge in [-0.1, -0.05) is 12.6 Å². The van der Waals surface area contributed by atoms with Gasteiger partial charge in [0.05, 0.1) is 0 Å². The summed E-state index contributed by atoms with van der Waals surface area (Å²) in [6.45, 7) is 7.14. The largest absolute Gasteiger partial charge is 0.331 e. The zero-order chi connectivity index (χ0) is 9.26. The minimum atomic E-state index is 1.04. The molecule has 2 heteroatoms. The van der Waals surface area contributed by atoms with E-state index in [1.54, 1.807) is 0 Å². The van der Waals surface area contributed by atoms with Gasteiger partial charge in [-0.3, -0.25) is 0 Å². The molecular formula is C11H14N2.